The number of thiazole rings is 1. The number of hydrogen-bond acceptors (Lipinski definition) is 4. The van der Waals surface area contributed by atoms with E-state index in [9.17, 15) is 9.59 Å². The molecule has 0 N–H and O–H groups in total. The highest BCUT2D eigenvalue weighted by Gasteiger charge is 2.43. The van der Waals surface area contributed by atoms with Crippen molar-refractivity contribution in [1.82, 2.24) is 4.98 Å². The van der Waals surface area contributed by atoms with Gasteiger partial charge in [0.25, 0.3) is 11.8 Å². The zero-order valence-corrected chi connectivity index (χ0v) is 16.3. The van der Waals surface area contributed by atoms with E-state index in [0.29, 0.717) is 10.5 Å². The van der Waals surface area contributed by atoms with E-state index >= 15 is 0 Å². The molecule has 25 heavy (non-hydrogen) atoms. The second-order valence-electron chi connectivity index (χ2n) is 5.03. The number of hydrogen-bond donors (Lipinski definition) is 0. The van der Waals surface area contributed by atoms with Gasteiger partial charge in [-0.15, -0.1) is 0 Å². The summed E-state index contributed by atoms with van der Waals surface area (Å²) in [5.74, 6) is -1.33. The average molecular weight is 453 g/mol. The lowest BCUT2D eigenvalue weighted by Crippen LogP contribution is -2.29. The summed E-state index contributed by atoms with van der Waals surface area (Å²) >= 11 is 31.5. The SMILES string of the molecule is O=C1c2c(Cl)c(Cl)c(Cl)c(Cl)c2C(=O)N1c1nc2c(Cl)cccc2s1. The lowest BCUT2D eigenvalue weighted by Gasteiger charge is -2.08. The Hall–Kier alpha value is -1.08. The van der Waals surface area contributed by atoms with E-state index in [4.69, 9.17) is 58.0 Å². The van der Waals surface area contributed by atoms with E-state index < -0.39 is 11.8 Å². The molecule has 2 heterocycles. The first-order chi connectivity index (χ1) is 11.8. The molecular formula is C15H3Cl5N2O2S. The Kier molecular flexibility index (Phi) is 4.15. The fraction of sp³-hybridized carbons (Fsp3) is 0. The minimum atomic E-state index is -0.666. The molecule has 0 saturated heterocycles. The fourth-order valence-electron chi connectivity index (χ4n) is 2.52. The highest BCUT2D eigenvalue weighted by molar-refractivity contribution is 7.22. The van der Waals surface area contributed by atoms with Gasteiger partial charge in [0, 0.05) is 0 Å². The molecule has 3 aromatic rings. The van der Waals surface area contributed by atoms with Gasteiger partial charge < -0.3 is 0 Å². The van der Waals surface area contributed by atoms with Crippen LogP contribution >= 0.6 is 69.3 Å². The van der Waals surface area contributed by atoms with Crippen LogP contribution in [0.25, 0.3) is 10.2 Å². The summed E-state index contributed by atoms with van der Waals surface area (Å²) in [5, 5.41) is 0.175. The van der Waals surface area contributed by atoms with Crippen LogP contribution in [0.5, 0.6) is 0 Å². The Morgan fingerprint density at radius 3 is 1.92 bits per heavy atom. The molecule has 0 atom stereocenters. The van der Waals surface area contributed by atoms with Crippen molar-refractivity contribution < 1.29 is 9.59 Å². The van der Waals surface area contributed by atoms with Gasteiger partial charge in [-0.05, 0) is 12.1 Å². The van der Waals surface area contributed by atoms with Crippen LogP contribution in [0.4, 0.5) is 5.13 Å². The quantitative estimate of drug-likeness (QED) is 0.245. The van der Waals surface area contributed by atoms with Crippen LogP contribution in [0.1, 0.15) is 20.7 Å². The Balaban J connectivity index is 1.95. The van der Waals surface area contributed by atoms with Crippen LogP contribution in [-0.2, 0) is 0 Å². The summed E-state index contributed by atoms with van der Waals surface area (Å²) in [5.41, 5.74) is 0.321. The van der Waals surface area contributed by atoms with Crippen molar-refractivity contribution in [2.75, 3.05) is 4.90 Å². The van der Waals surface area contributed by atoms with E-state index in [-0.39, 0.29) is 36.3 Å². The third-order valence-corrected chi connectivity index (χ3v) is 6.76. The number of fused-ring (bicyclic) bond motifs is 2. The average Bonchev–Trinajstić information content (AvgIpc) is 3.10. The van der Waals surface area contributed by atoms with Crippen molar-refractivity contribution in [3.63, 3.8) is 0 Å². The van der Waals surface area contributed by atoms with Gasteiger partial charge in [-0.1, -0.05) is 75.4 Å². The lowest BCUT2D eigenvalue weighted by atomic mass is 10.1. The maximum atomic E-state index is 12.8. The van der Waals surface area contributed by atoms with Gasteiger partial charge in [0.15, 0.2) is 0 Å². The molecule has 4 rings (SSSR count). The van der Waals surface area contributed by atoms with E-state index in [2.05, 4.69) is 4.98 Å². The van der Waals surface area contributed by atoms with Gasteiger partial charge in [-0.3, -0.25) is 9.59 Å². The molecule has 1 aliphatic heterocycles. The molecule has 1 aliphatic rings. The number of imide groups is 1. The van der Waals surface area contributed by atoms with Gasteiger partial charge in [-0.25, -0.2) is 9.88 Å². The van der Waals surface area contributed by atoms with Gasteiger partial charge >= 0.3 is 0 Å². The van der Waals surface area contributed by atoms with Gasteiger partial charge in [0.05, 0.1) is 40.9 Å². The second kappa shape index (κ2) is 5.98. The summed E-state index contributed by atoms with van der Waals surface area (Å²) in [6.45, 7) is 0. The number of nitrogens with zero attached hydrogens (tertiary/aromatic N) is 2. The number of aromatic nitrogens is 1. The Morgan fingerprint density at radius 1 is 0.840 bits per heavy atom. The molecule has 2 aromatic carbocycles. The molecule has 0 unspecified atom stereocenters. The number of halogens is 5. The van der Waals surface area contributed by atoms with E-state index in [0.717, 1.165) is 20.9 Å². The van der Waals surface area contributed by atoms with Crippen LogP contribution in [0.3, 0.4) is 0 Å². The number of amides is 2. The lowest BCUT2D eigenvalue weighted by molar-refractivity contribution is 0.0926. The van der Waals surface area contributed by atoms with Crippen LogP contribution in [0, 0.1) is 0 Å². The first-order valence-corrected chi connectivity index (χ1v) is 9.33. The number of carbonyl (C=O) groups excluding carboxylic acids is 2. The van der Waals surface area contributed by atoms with Crippen molar-refractivity contribution in [3.05, 3.63) is 54.4 Å². The molecule has 2 amide bonds. The smallest absolute Gasteiger partial charge is 0.268 e. The molecular weight excluding hydrogens is 450 g/mol. The molecule has 10 heteroatoms. The Labute approximate surface area is 169 Å². The van der Waals surface area contributed by atoms with Crippen LogP contribution in [0.15, 0.2) is 18.2 Å². The predicted octanol–water partition coefficient (Wildman–Crippen LogP) is 6.36. The second-order valence-corrected chi connectivity index (χ2v) is 7.96. The molecule has 4 nitrogen and oxygen atoms in total. The van der Waals surface area contributed by atoms with Gasteiger partial charge in [0.1, 0.15) is 5.52 Å². The van der Waals surface area contributed by atoms with Crippen molar-refractivity contribution in [2.24, 2.45) is 0 Å². The number of carbonyl (C=O) groups is 2. The van der Waals surface area contributed by atoms with Gasteiger partial charge in [0.2, 0.25) is 5.13 Å². The predicted molar refractivity (Wildman–Crippen MR) is 102 cm³/mol. The first-order valence-electron chi connectivity index (χ1n) is 6.62. The fourth-order valence-corrected chi connectivity index (χ4v) is 4.80. The van der Waals surface area contributed by atoms with E-state index in [1.54, 1.807) is 18.2 Å². The molecule has 1 aromatic heterocycles. The minimum absolute atomic E-state index is 0.0811. The number of para-hydroxylation sites is 1. The first kappa shape index (κ1) is 17.3. The van der Waals surface area contributed by atoms with Crippen molar-refractivity contribution >= 4 is 96.5 Å². The van der Waals surface area contributed by atoms with Crippen molar-refractivity contribution in [2.45, 2.75) is 0 Å². The topological polar surface area (TPSA) is 50.3 Å². The number of anilines is 1. The summed E-state index contributed by atoms with van der Waals surface area (Å²) in [4.78, 5) is 30.8. The zero-order chi connectivity index (χ0) is 18.0. The Bertz CT molecular complexity index is 1060. The van der Waals surface area contributed by atoms with Crippen molar-refractivity contribution in [3.8, 4) is 0 Å². The van der Waals surface area contributed by atoms with E-state index in [1.807, 2.05) is 0 Å². The normalized spacial score (nSPS) is 13.9. The summed E-state index contributed by atoms with van der Waals surface area (Å²) in [6, 6.07) is 5.21. The maximum Gasteiger partial charge on any atom is 0.269 e. The number of rotatable bonds is 1. The summed E-state index contributed by atoms with van der Waals surface area (Å²) in [6.07, 6.45) is 0. The van der Waals surface area contributed by atoms with Crippen LogP contribution in [-0.4, -0.2) is 16.8 Å². The zero-order valence-electron chi connectivity index (χ0n) is 11.7. The molecule has 0 radical (unpaired) electrons. The molecule has 0 saturated carbocycles. The largest absolute Gasteiger partial charge is 0.269 e. The van der Waals surface area contributed by atoms with Gasteiger partial charge in [-0.2, -0.15) is 0 Å². The third kappa shape index (κ3) is 2.38. The molecule has 0 bridgehead atoms. The molecule has 0 fully saturated rings. The number of benzene rings is 2. The van der Waals surface area contributed by atoms with Crippen LogP contribution < -0.4 is 4.90 Å². The monoisotopic (exact) mass is 450 g/mol. The minimum Gasteiger partial charge on any atom is -0.268 e. The van der Waals surface area contributed by atoms with E-state index in [1.165, 1.54) is 0 Å². The van der Waals surface area contributed by atoms with Crippen LogP contribution in [0.2, 0.25) is 25.1 Å². The standard InChI is InChI=1S/C15H3Cl5N2O2S/c16-4-2-1-3-5-12(4)21-15(25-5)22-13(23)6-7(14(22)24)9(18)11(20)10(19)8(6)17/h1-3H. The van der Waals surface area contributed by atoms with Crippen molar-refractivity contribution in [1.29, 1.82) is 0 Å². The molecule has 126 valence electrons. The maximum absolute atomic E-state index is 12.8. The highest BCUT2D eigenvalue weighted by Crippen LogP contribution is 2.46. The summed E-state index contributed by atoms with van der Waals surface area (Å²) in [7, 11) is 0. The third-order valence-electron chi connectivity index (χ3n) is 3.65. The molecule has 0 spiro atoms. The Morgan fingerprint density at radius 2 is 1.40 bits per heavy atom. The highest BCUT2D eigenvalue weighted by atomic mass is 35.5. The summed E-state index contributed by atoms with van der Waals surface area (Å²) < 4.78 is 0.729. The molecule has 0 aliphatic carbocycles.